The van der Waals surface area contributed by atoms with Gasteiger partial charge in [0.1, 0.15) is 23.7 Å². The molecule has 2 amide bonds. The number of furan rings is 1. The minimum Gasteiger partial charge on any atom is -0.451 e. The number of hydrogen-bond donors (Lipinski definition) is 2. The van der Waals surface area contributed by atoms with Crippen molar-refractivity contribution in [2.24, 2.45) is 5.92 Å². The average molecular weight is 473 g/mol. The fourth-order valence-electron chi connectivity index (χ4n) is 4.55. The van der Waals surface area contributed by atoms with Gasteiger partial charge >= 0.3 is 5.97 Å². The van der Waals surface area contributed by atoms with Crippen LogP contribution in [0.25, 0.3) is 11.3 Å². The molecule has 3 atom stereocenters. The van der Waals surface area contributed by atoms with Crippen molar-refractivity contribution >= 4 is 17.8 Å². The van der Waals surface area contributed by atoms with E-state index < -0.39 is 42.0 Å². The molecule has 0 bridgehead atoms. The lowest BCUT2D eigenvalue weighted by molar-refractivity contribution is -0.164. The van der Waals surface area contributed by atoms with Crippen LogP contribution in [0, 0.1) is 11.7 Å². The number of hydrogen-bond acceptors (Lipinski definition) is 6. The second kappa shape index (κ2) is 10.8. The van der Waals surface area contributed by atoms with Crippen LogP contribution >= 0.6 is 0 Å². The molecule has 182 valence electrons. The van der Waals surface area contributed by atoms with Crippen LogP contribution in [-0.2, 0) is 19.1 Å². The quantitative estimate of drug-likeness (QED) is 0.541. The third-order valence-corrected chi connectivity index (χ3v) is 6.23. The van der Waals surface area contributed by atoms with Crippen molar-refractivity contribution in [3.05, 3.63) is 48.0 Å². The Hall–Kier alpha value is -3.20. The van der Waals surface area contributed by atoms with Gasteiger partial charge in [0, 0.05) is 12.2 Å². The van der Waals surface area contributed by atoms with Crippen LogP contribution in [0.5, 0.6) is 0 Å². The highest BCUT2D eigenvalue weighted by Gasteiger charge is 2.38. The van der Waals surface area contributed by atoms with E-state index >= 15 is 0 Å². The summed E-state index contributed by atoms with van der Waals surface area (Å²) in [6, 6.07) is 7.53. The zero-order valence-electron chi connectivity index (χ0n) is 19.1. The molecule has 0 radical (unpaired) electrons. The molecule has 1 saturated carbocycles. The van der Waals surface area contributed by atoms with Crippen molar-refractivity contribution in [1.29, 1.82) is 0 Å². The molecule has 34 heavy (non-hydrogen) atoms. The largest absolute Gasteiger partial charge is 0.451 e. The van der Waals surface area contributed by atoms with Crippen molar-refractivity contribution in [3.8, 4) is 11.3 Å². The molecule has 1 saturated heterocycles. The summed E-state index contributed by atoms with van der Waals surface area (Å²) in [5.41, 5.74) is 0.507. The van der Waals surface area contributed by atoms with Gasteiger partial charge in [0.2, 0.25) is 12.2 Å². The van der Waals surface area contributed by atoms with Gasteiger partial charge in [-0.05, 0) is 43.5 Å². The van der Waals surface area contributed by atoms with Gasteiger partial charge < -0.3 is 24.5 Å². The number of esters is 1. The van der Waals surface area contributed by atoms with E-state index in [-0.39, 0.29) is 12.2 Å². The molecule has 1 unspecified atom stereocenters. The van der Waals surface area contributed by atoms with Crippen LogP contribution in [0.1, 0.15) is 56.0 Å². The lowest BCUT2D eigenvalue weighted by atomic mass is 9.97. The van der Waals surface area contributed by atoms with Crippen molar-refractivity contribution in [3.63, 3.8) is 0 Å². The summed E-state index contributed by atoms with van der Waals surface area (Å²) in [6.07, 6.45) is 3.83. The number of carbonyl (C=O) groups excluding carboxylic acids is 3. The van der Waals surface area contributed by atoms with Gasteiger partial charge in [0.15, 0.2) is 5.76 Å². The van der Waals surface area contributed by atoms with Gasteiger partial charge in [0.25, 0.3) is 5.91 Å². The molecule has 9 heteroatoms. The maximum absolute atomic E-state index is 13.5. The summed E-state index contributed by atoms with van der Waals surface area (Å²) in [4.78, 5) is 37.8. The normalized spacial score (nSPS) is 21.3. The summed E-state index contributed by atoms with van der Waals surface area (Å²) in [7, 11) is 0. The van der Waals surface area contributed by atoms with E-state index in [1.54, 1.807) is 25.1 Å². The second-order valence-corrected chi connectivity index (χ2v) is 8.72. The molecular formula is C25H29FN2O6. The van der Waals surface area contributed by atoms with Gasteiger partial charge in [-0.15, -0.1) is 0 Å². The molecule has 1 aromatic carbocycles. The predicted molar refractivity (Wildman–Crippen MR) is 120 cm³/mol. The molecule has 2 aliphatic rings. The zero-order chi connectivity index (χ0) is 24.1. The summed E-state index contributed by atoms with van der Waals surface area (Å²) in [6.45, 7) is 2.11. The lowest BCUT2D eigenvalue weighted by Gasteiger charge is -2.24. The molecule has 2 aromatic rings. The third-order valence-electron chi connectivity index (χ3n) is 6.23. The van der Waals surface area contributed by atoms with Crippen LogP contribution in [0.15, 0.2) is 40.8 Å². The molecule has 1 aliphatic heterocycles. The molecule has 2 N–H and O–H groups in total. The fourth-order valence-corrected chi connectivity index (χ4v) is 4.55. The lowest BCUT2D eigenvalue weighted by Crippen LogP contribution is -2.52. The fraction of sp³-hybridized carbons (Fsp3) is 0.480. The Balaban J connectivity index is 1.45. The van der Waals surface area contributed by atoms with E-state index in [0.717, 1.165) is 25.7 Å². The van der Waals surface area contributed by atoms with E-state index in [4.69, 9.17) is 13.9 Å². The highest BCUT2D eigenvalue weighted by Crippen LogP contribution is 2.29. The SMILES string of the molecule is CCO[C@H]1OC(=O)CC1NC(=O)[C@H](CC1CCCC1)NC(=O)c1ccc(-c2cccc(F)c2)o1. The summed E-state index contributed by atoms with van der Waals surface area (Å²) >= 11 is 0. The summed E-state index contributed by atoms with van der Waals surface area (Å²) in [5.74, 6) is -1.10. The maximum Gasteiger partial charge on any atom is 0.310 e. The number of rotatable bonds is 9. The first-order chi connectivity index (χ1) is 16.4. The Morgan fingerprint density at radius 1 is 1.21 bits per heavy atom. The number of halogens is 1. The summed E-state index contributed by atoms with van der Waals surface area (Å²) in [5, 5.41) is 5.60. The highest BCUT2D eigenvalue weighted by atomic mass is 19.1. The van der Waals surface area contributed by atoms with Crippen molar-refractivity contribution in [1.82, 2.24) is 10.6 Å². The maximum atomic E-state index is 13.5. The van der Waals surface area contributed by atoms with E-state index in [2.05, 4.69) is 10.6 Å². The smallest absolute Gasteiger partial charge is 0.310 e. The van der Waals surface area contributed by atoms with E-state index in [0.29, 0.717) is 30.3 Å². The average Bonchev–Trinajstić information content (AvgIpc) is 3.56. The van der Waals surface area contributed by atoms with Crippen molar-refractivity contribution in [2.75, 3.05) is 6.61 Å². The minimum absolute atomic E-state index is 0.00960. The van der Waals surface area contributed by atoms with Gasteiger partial charge in [-0.25, -0.2) is 4.39 Å². The Labute approximate surface area is 197 Å². The standard InChI is InChI=1S/C25H29FN2O6/c1-2-32-25-19(14-22(29)34-25)28-23(30)18(12-15-6-3-4-7-15)27-24(31)21-11-10-20(33-21)16-8-5-9-17(26)13-16/h5,8-11,13,15,18-19,25H,2-4,6-7,12,14H2,1H3,(H,27,31)(H,28,30)/t18-,19?,25-/m0/s1. The van der Waals surface area contributed by atoms with Gasteiger partial charge in [-0.2, -0.15) is 0 Å². The van der Waals surface area contributed by atoms with Crippen molar-refractivity contribution < 1.29 is 32.7 Å². The minimum atomic E-state index is -0.844. The number of carbonyl (C=O) groups is 3. The van der Waals surface area contributed by atoms with E-state index in [1.807, 2.05) is 0 Å². The number of amides is 2. The number of ether oxygens (including phenoxy) is 2. The summed E-state index contributed by atoms with van der Waals surface area (Å²) < 4.78 is 29.7. The first kappa shape index (κ1) is 23.9. The molecule has 4 rings (SSSR count). The first-order valence-corrected chi connectivity index (χ1v) is 11.7. The van der Waals surface area contributed by atoms with Crippen molar-refractivity contribution in [2.45, 2.75) is 63.8 Å². The Morgan fingerprint density at radius 3 is 2.74 bits per heavy atom. The molecule has 8 nitrogen and oxygen atoms in total. The number of nitrogens with one attached hydrogen (secondary N) is 2. The topological polar surface area (TPSA) is 107 Å². The van der Waals surface area contributed by atoms with Crippen LogP contribution in [0.3, 0.4) is 0 Å². The molecule has 0 spiro atoms. The Morgan fingerprint density at radius 2 is 2.00 bits per heavy atom. The number of benzene rings is 1. The number of cyclic esters (lactones) is 1. The van der Waals surface area contributed by atoms with Crippen LogP contribution in [0.2, 0.25) is 0 Å². The monoisotopic (exact) mass is 472 g/mol. The Kier molecular flexibility index (Phi) is 7.62. The zero-order valence-corrected chi connectivity index (χ0v) is 19.1. The molecule has 2 heterocycles. The van der Waals surface area contributed by atoms with Crippen LogP contribution < -0.4 is 10.6 Å². The van der Waals surface area contributed by atoms with Gasteiger partial charge in [-0.1, -0.05) is 37.8 Å². The Bertz CT molecular complexity index is 1030. The second-order valence-electron chi connectivity index (χ2n) is 8.72. The molecule has 1 aromatic heterocycles. The first-order valence-electron chi connectivity index (χ1n) is 11.7. The molecule has 1 aliphatic carbocycles. The molecule has 2 fully saturated rings. The van der Waals surface area contributed by atoms with Gasteiger partial charge in [0.05, 0.1) is 6.42 Å². The van der Waals surface area contributed by atoms with Gasteiger partial charge in [-0.3, -0.25) is 14.4 Å². The van der Waals surface area contributed by atoms with E-state index in [9.17, 15) is 18.8 Å². The highest BCUT2D eigenvalue weighted by molar-refractivity contribution is 5.96. The third kappa shape index (κ3) is 5.83. The molecular weight excluding hydrogens is 443 g/mol. The predicted octanol–water partition coefficient (Wildman–Crippen LogP) is 3.56. The van der Waals surface area contributed by atoms with Crippen LogP contribution in [-0.4, -0.2) is 42.8 Å². The van der Waals surface area contributed by atoms with E-state index in [1.165, 1.54) is 18.2 Å². The van der Waals surface area contributed by atoms with Crippen LogP contribution in [0.4, 0.5) is 4.39 Å².